The Morgan fingerprint density at radius 3 is 2.36 bits per heavy atom. The molecule has 0 saturated heterocycles. The molecule has 0 aromatic heterocycles. The molecule has 0 fully saturated rings. The predicted octanol–water partition coefficient (Wildman–Crippen LogP) is -0.612. The van der Waals surface area contributed by atoms with Crippen molar-refractivity contribution in [2.45, 2.75) is 0 Å². The molecule has 5 heteroatoms. The first kappa shape index (κ1) is 7.85. The molecule has 0 heterocycles. The van der Waals surface area contributed by atoms with Crippen LogP contribution >= 0.6 is 0 Å². The first-order valence-corrected chi connectivity index (χ1v) is 3.03. The lowest BCUT2D eigenvalue weighted by Crippen LogP contribution is -2.17. The molecule has 0 amide bonds. The molecule has 58 valence electrons. The molecule has 0 atom stereocenters. The Bertz CT molecular complexity index is 275. The molecular weight excluding hydrogens is 149 g/mol. The average Bonchev–Trinajstić information content (AvgIpc) is 1.97. The Labute approximate surface area is 63.6 Å². The Kier molecular flexibility index (Phi) is 1.72. The SMILES string of the molecule is Bc1c(F)cc(N)c(N)c1F. The van der Waals surface area contributed by atoms with E-state index in [9.17, 15) is 8.78 Å². The van der Waals surface area contributed by atoms with Crippen molar-refractivity contribution in [3.63, 3.8) is 0 Å². The van der Waals surface area contributed by atoms with Gasteiger partial charge in [-0.1, -0.05) is 0 Å². The molecule has 0 saturated carbocycles. The Morgan fingerprint density at radius 2 is 1.82 bits per heavy atom. The molecule has 0 aliphatic carbocycles. The van der Waals surface area contributed by atoms with Gasteiger partial charge in [-0.3, -0.25) is 0 Å². The van der Waals surface area contributed by atoms with E-state index in [0.717, 1.165) is 6.07 Å². The normalized spacial score (nSPS) is 10.0. The van der Waals surface area contributed by atoms with Gasteiger partial charge in [-0.2, -0.15) is 0 Å². The van der Waals surface area contributed by atoms with Crippen molar-refractivity contribution in [1.29, 1.82) is 0 Å². The molecule has 0 unspecified atom stereocenters. The quantitative estimate of drug-likeness (QED) is 0.388. The molecule has 0 bridgehead atoms. The highest BCUT2D eigenvalue weighted by Crippen LogP contribution is 2.17. The third-order valence-electron chi connectivity index (χ3n) is 1.52. The summed E-state index contributed by atoms with van der Waals surface area (Å²) >= 11 is 0. The second-order valence-electron chi connectivity index (χ2n) is 2.30. The van der Waals surface area contributed by atoms with Crippen molar-refractivity contribution in [3.8, 4) is 0 Å². The van der Waals surface area contributed by atoms with E-state index in [-0.39, 0.29) is 16.8 Å². The highest BCUT2D eigenvalue weighted by molar-refractivity contribution is 6.33. The highest BCUT2D eigenvalue weighted by Gasteiger charge is 2.10. The number of benzene rings is 1. The molecule has 1 aromatic rings. The van der Waals surface area contributed by atoms with E-state index in [1.54, 1.807) is 0 Å². The average molecular weight is 156 g/mol. The lowest BCUT2D eigenvalue weighted by atomic mass is 9.93. The predicted molar refractivity (Wildman–Crippen MR) is 43.4 cm³/mol. The molecule has 0 aliphatic heterocycles. The summed E-state index contributed by atoms with van der Waals surface area (Å²) in [6.07, 6.45) is 0. The van der Waals surface area contributed by atoms with E-state index in [2.05, 4.69) is 0 Å². The monoisotopic (exact) mass is 156 g/mol. The Hall–Kier alpha value is -1.26. The first-order valence-electron chi connectivity index (χ1n) is 3.03. The van der Waals surface area contributed by atoms with Crippen LogP contribution in [0.15, 0.2) is 6.07 Å². The zero-order valence-electron chi connectivity index (χ0n) is 5.99. The lowest BCUT2D eigenvalue weighted by molar-refractivity contribution is 0.602. The van der Waals surface area contributed by atoms with Crippen LogP contribution in [0.1, 0.15) is 0 Å². The summed E-state index contributed by atoms with van der Waals surface area (Å²) in [5.74, 6) is -1.45. The Morgan fingerprint density at radius 1 is 1.27 bits per heavy atom. The van der Waals surface area contributed by atoms with E-state index >= 15 is 0 Å². The summed E-state index contributed by atoms with van der Waals surface area (Å²) in [5, 5.41) is 0. The van der Waals surface area contributed by atoms with Crippen molar-refractivity contribution >= 4 is 24.7 Å². The second-order valence-corrected chi connectivity index (χ2v) is 2.30. The van der Waals surface area contributed by atoms with Gasteiger partial charge in [-0.25, -0.2) is 8.78 Å². The van der Waals surface area contributed by atoms with Crippen molar-refractivity contribution in [3.05, 3.63) is 17.7 Å². The van der Waals surface area contributed by atoms with Crippen molar-refractivity contribution in [2.75, 3.05) is 11.5 Å². The standard InChI is InChI=1S/C6H7BF2N2/c7-4-2(8)1-3(10)6(11)5(4)9/h1H,7,10-11H2. The van der Waals surface area contributed by atoms with E-state index < -0.39 is 11.6 Å². The van der Waals surface area contributed by atoms with E-state index in [4.69, 9.17) is 11.5 Å². The maximum absolute atomic E-state index is 12.8. The molecular formula is C6H7BF2N2. The smallest absolute Gasteiger partial charge is 0.147 e. The van der Waals surface area contributed by atoms with E-state index in [1.807, 2.05) is 0 Å². The summed E-state index contributed by atoms with van der Waals surface area (Å²) in [6.45, 7) is 0. The Balaban J connectivity index is 3.46. The zero-order valence-corrected chi connectivity index (χ0v) is 5.99. The molecule has 1 rings (SSSR count). The summed E-state index contributed by atoms with van der Waals surface area (Å²) in [7, 11) is 1.31. The molecule has 1 aromatic carbocycles. The molecule has 0 radical (unpaired) electrons. The minimum absolute atomic E-state index is 0.0643. The van der Waals surface area contributed by atoms with Crippen molar-refractivity contribution in [2.24, 2.45) is 0 Å². The van der Waals surface area contributed by atoms with Crippen LogP contribution in [0.4, 0.5) is 20.2 Å². The largest absolute Gasteiger partial charge is 0.397 e. The number of hydrogen-bond acceptors (Lipinski definition) is 2. The topological polar surface area (TPSA) is 52.0 Å². The fourth-order valence-corrected chi connectivity index (χ4v) is 0.756. The molecule has 2 nitrogen and oxygen atoms in total. The molecule has 4 N–H and O–H groups in total. The molecule has 0 spiro atoms. The fraction of sp³-hybridized carbons (Fsp3) is 0. The number of nitrogen functional groups attached to an aromatic ring is 2. The first-order chi connectivity index (χ1) is 5.04. The van der Waals surface area contributed by atoms with E-state index in [1.165, 1.54) is 7.85 Å². The van der Waals surface area contributed by atoms with Gasteiger partial charge in [0.05, 0.1) is 11.4 Å². The molecule has 0 aliphatic rings. The second kappa shape index (κ2) is 2.41. The number of rotatable bonds is 0. The van der Waals surface area contributed by atoms with Crippen LogP contribution in [-0.4, -0.2) is 7.85 Å². The number of nitrogens with two attached hydrogens (primary N) is 2. The maximum atomic E-state index is 12.8. The van der Waals surface area contributed by atoms with Gasteiger partial charge in [-0.05, 0) is 11.5 Å². The van der Waals surface area contributed by atoms with Gasteiger partial charge in [0.25, 0.3) is 0 Å². The van der Waals surface area contributed by atoms with Crippen molar-refractivity contribution < 1.29 is 8.78 Å². The third kappa shape index (κ3) is 1.13. The number of anilines is 2. The van der Waals surface area contributed by atoms with Crippen LogP contribution in [0.2, 0.25) is 0 Å². The van der Waals surface area contributed by atoms with Crippen LogP contribution < -0.4 is 16.9 Å². The van der Waals surface area contributed by atoms with E-state index in [0.29, 0.717) is 0 Å². The highest BCUT2D eigenvalue weighted by atomic mass is 19.1. The van der Waals surface area contributed by atoms with Gasteiger partial charge < -0.3 is 11.5 Å². The minimum atomic E-state index is -0.775. The van der Waals surface area contributed by atoms with Crippen molar-refractivity contribution in [1.82, 2.24) is 0 Å². The summed E-state index contributed by atoms with van der Waals surface area (Å²) in [4.78, 5) is 0. The fourth-order valence-electron chi connectivity index (χ4n) is 0.756. The molecule has 11 heavy (non-hydrogen) atoms. The van der Waals surface area contributed by atoms with Gasteiger partial charge in [0.2, 0.25) is 0 Å². The van der Waals surface area contributed by atoms with Gasteiger partial charge in [0.1, 0.15) is 19.5 Å². The van der Waals surface area contributed by atoms with Crippen LogP contribution in [-0.2, 0) is 0 Å². The van der Waals surface area contributed by atoms with Gasteiger partial charge in [0, 0.05) is 0 Å². The van der Waals surface area contributed by atoms with Crippen LogP contribution in [0, 0.1) is 11.6 Å². The van der Waals surface area contributed by atoms with Gasteiger partial charge >= 0.3 is 0 Å². The van der Waals surface area contributed by atoms with Gasteiger partial charge in [0.15, 0.2) is 0 Å². The van der Waals surface area contributed by atoms with Crippen LogP contribution in [0.3, 0.4) is 0 Å². The zero-order chi connectivity index (χ0) is 8.59. The summed E-state index contributed by atoms with van der Waals surface area (Å²) in [6, 6.07) is 1.01. The summed E-state index contributed by atoms with van der Waals surface area (Å²) < 4.78 is 25.5. The van der Waals surface area contributed by atoms with Gasteiger partial charge in [-0.15, -0.1) is 0 Å². The summed E-state index contributed by atoms with van der Waals surface area (Å²) in [5.41, 5.74) is 10.0. The number of halogens is 2. The maximum Gasteiger partial charge on any atom is 0.147 e. The van der Waals surface area contributed by atoms with Crippen LogP contribution in [0.25, 0.3) is 0 Å². The number of hydrogen-bond donors (Lipinski definition) is 2. The third-order valence-corrected chi connectivity index (χ3v) is 1.52. The minimum Gasteiger partial charge on any atom is -0.397 e. The van der Waals surface area contributed by atoms with Crippen LogP contribution in [0.5, 0.6) is 0 Å². The lowest BCUT2D eigenvalue weighted by Gasteiger charge is -2.04.